The summed E-state index contributed by atoms with van der Waals surface area (Å²) in [7, 11) is 1.83. The molecule has 0 radical (unpaired) electrons. The molecule has 1 heterocycles. The van der Waals surface area contributed by atoms with Gasteiger partial charge in [-0.05, 0) is 37.8 Å². The van der Waals surface area contributed by atoms with E-state index in [0.29, 0.717) is 5.96 Å². The van der Waals surface area contributed by atoms with Crippen LogP contribution in [0.3, 0.4) is 0 Å². The van der Waals surface area contributed by atoms with E-state index >= 15 is 0 Å². The smallest absolute Gasteiger partial charge is 0.373 e. The van der Waals surface area contributed by atoms with E-state index < -0.39 is 14.5 Å². The van der Waals surface area contributed by atoms with Crippen LogP contribution in [0.1, 0.15) is 32.1 Å². The van der Waals surface area contributed by atoms with Gasteiger partial charge in [0, 0.05) is 32.2 Å². The molecular weight excluding hydrogens is 350 g/mol. The van der Waals surface area contributed by atoms with Crippen LogP contribution in [-0.2, 0) is 13.3 Å². The van der Waals surface area contributed by atoms with Crippen molar-refractivity contribution >= 4 is 31.6 Å². The lowest BCUT2D eigenvalue weighted by atomic mass is 9.87. The molecule has 8 nitrogen and oxygen atoms in total. The molecule has 9 heteroatoms. The molecule has 4 N–H and O–H groups in total. The van der Waals surface area contributed by atoms with Crippen molar-refractivity contribution in [3.8, 4) is 0 Å². The first-order chi connectivity index (χ1) is 12.5. The highest BCUT2D eigenvalue weighted by Gasteiger charge is 2.45. The van der Waals surface area contributed by atoms with Gasteiger partial charge in [-0.25, -0.2) is 4.99 Å². The summed E-state index contributed by atoms with van der Waals surface area (Å²) in [5, 5.41) is 0.851. The van der Waals surface area contributed by atoms with Gasteiger partial charge in [-0.1, -0.05) is 18.6 Å². The molecule has 0 saturated heterocycles. The highest BCUT2D eigenvalue weighted by atomic mass is 28.4. The molecule has 1 aromatic carbocycles. The molecule has 1 aromatic rings. The van der Waals surface area contributed by atoms with E-state index in [1.807, 2.05) is 29.2 Å². The highest BCUT2D eigenvalue weighted by molar-refractivity contribution is 6.75. The Morgan fingerprint density at radius 1 is 1.04 bits per heavy atom. The van der Waals surface area contributed by atoms with Crippen LogP contribution in [0.15, 0.2) is 34.3 Å². The summed E-state index contributed by atoms with van der Waals surface area (Å²) in [6, 6.07) is 7.85. The lowest BCUT2D eigenvalue weighted by Gasteiger charge is -2.45. The summed E-state index contributed by atoms with van der Waals surface area (Å²) in [5.74, 6) is 0.599. The van der Waals surface area contributed by atoms with Crippen molar-refractivity contribution in [2.24, 2.45) is 21.5 Å². The third-order valence-electron chi connectivity index (χ3n) is 5.12. The molecule has 0 bridgehead atoms. The van der Waals surface area contributed by atoms with E-state index in [9.17, 15) is 0 Å². The van der Waals surface area contributed by atoms with Crippen LogP contribution in [0.25, 0.3) is 0 Å². The summed E-state index contributed by atoms with van der Waals surface area (Å²) in [6.45, 7) is 0. The Bertz CT molecular complexity index is 706. The van der Waals surface area contributed by atoms with Crippen molar-refractivity contribution in [1.29, 1.82) is 0 Å². The fourth-order valence-electron chi connectivity index (χ4n) is 3.93. The Labute approximate surface area is 155 Å². The van der Waals surface area contributed by atoms with Crippen molar-refractivity contribution in [3.05, 3.63) is 24.3 Å². The minimum Gasteiger partial charge on any atom is -0.373 e. The average molecular weight is 378 g/mol. The quantitative estimate of drug-likeness (QED) is 0.738. The number of anilines is 1. The second kappa shape index (κ2) is 7.35. The summed E-state index contributed by atoms with van der Waals surface area (Å²) in [6.07, 6.45) is 5.11. The Hall–Kier alpha value is -1.94. The highest BCUT2D eigenvalue weighted by Crippen LogP contribution is 2.39. The van der Waals surface area contributed by atoms with Crippen LogP contribution in [-0.4, -0.2) is 47.7 Å². The van der Waals surface area contributed by atoms with Crippen LogP contribution < -0.4 is 21.6 Å². The van der Waals surface area contributed by atoms with Gasteiger partial charge in [0.1, 0.15) is 5.66 Å². The molecule has 1 aliphatic carbocycles. The number of hydrogen-bond acceptors (Lipinski definition) is 8. The monoisotopic (exact) mass is 377 g/mol. The van der Waals surface area contributed by atoms with Gasteiger partial charge >= 0.3 is 8.80 Å². The summed E-state index contributed by atoms with van der Waals surface area (Å²) < 4.78 is 16.8. The minimum atomic E-state index is -2.95. The van der Waals surface area contributed by atoms with Gasteiger partial charge in [-0.2, -0.15) is 4.99 Å². The minimum absolute atomic E-state index is 0.242. The number of nitrogens with zero attached hydrogens (tertiary/aromatic N) is 3. The first kappa shape index (κ1) is 18.8. The summed E-state index contributed by atoms with van der Waals surface area (Å²) in [4.78, 5) is 10.9. The number of aliphatic imine (C=N–C) groups is 2. The third kappa shape index (κ3) is 3.11. The van der Waals surface area contributed by atoms with Gasteiger partial charge in [-0.15, -0.1) is 0 Å². The van der Waals surface area contributed by atoms with Gasteiger partial charge in [-0.3, -0.25) is 4.90 Å². The van der Waals surface area contributed by atoms with E-state index in [0.717, 1.165) is 36.6 Å². The number of benzene rings is 1. The molecule has 26 heavy (non-hydrogen) atoms. The zero-order chi connectivity index (χ0) is 18.8. The first-order valence-electron chi connectivity index (χ1n) is 8.76. The number of guanidine groups is 2. The van der Waals surface area contributed by atoms with Crippen LogP contribution in [0, 0.1) is 0 Å². The first-order valence-corrected chi connectivity index (χ1v) is 10.5. The van der Waals surface area contributed by atoms with Crippen LogP contribution in [0.4, 0.5) is 5.69 Å². The Morgan fingerprint density at radius 3 is 2.31 bits per heavy atom. The standard InChI is InChI=1S/C17H27N5O3Si/c1-23-26(24-2,25-3)14-9-7-8-13(12-14)22-16(19)20-15(18)21-17(22)10-5-4-6-11-17/h7-9,12H,4-6,10-11H2,1-3H3,(H4,18,19,20,21). The largest absolute Gasteiger partial charge is 0.536 e. The molecule has 1 aliphatic heterocycles. The fraction of sp³-hybridized carbons (Fsp3) is 0.529. The maximum Gasteiger partial charge on any atom is 0.536 e. The van der Waals surface area contributed by atoms with Crippen LogP contribution in [0.2, 0.25) is 0 Å². The SMILES string of the molecule is CO[Si](OC)(OC)c1cccc(N2C(N)=NC(N)=NC23CCCCC3)c1. The molecular formula is C17H27N5O3Si. The average Bonchev–Trinajstić information content (AvgIpc) is 2.64. The fourth-order valence-corrected chi connectivity index (χ4v) is 5.77. The van der Waals surface area contributed by atoms with Gasteiger partial charge < -0.3 is 24.7 Å². The van der Waals surface area contributed by atoms with Gasteiger partial charge in [0.25, 0.3) is 0 Å². The van der Waals surface area contributed by atoms with Gasteiger partial charge in [0.05, 0.1) is 0 Å². The van der Waals surface area contributed by atoms with Crippen molar-refractivity contribution in [3.63, 3.8) is 0 Å². The molecule has 1 spiro atoms. The molecule has 0 atom stereocenters. The number of hydrogen-bond donors (Lipinski definition) is 2. The van der Waals surface area contributed by atoms with E-state index in [-0.39, 0.29) is 5.96 Å². The second-order valence-corrected chi connectivity index (χ2v) is 9.45. The molecule has 2 aliphatic rings. The lowest BCUT2D eigenvalue weighted by molar-refractivity contribution is 0.140. The molecule has 142 valence electrons. The Morgan fingerprint density at radius 2 is 1.69 bits per heavy atom. The predicted octanol–water partition coefficient (Wildman–Crippen LogP) is 0.882. The topological polar surface area (TPSA) is 108 Å². The molecule has 1 fully saturated rings. The van der Waals surface area contributed by atoms with Crippen LogP contribution in [0.5, 0.6) is 0 Å². The number of nitrogens with two attached hydrogens (primary N) is 2. The van der Waals surface area contributed by atoms with Gasteiger partial charge in [0.2, 0.25) is 11.9 Å². The van der Waals surface area contributed by atoms with Gasteiger partial charge in [0.15, 0.2) is 0 Å². The van der Waals surface area contributed by atoms with E-state index in [1.165, 1.54) is 6.42 Å². The zero-order valence-corrected chi connectivity index (χ0v) is 16.6. The van der Waals surface area contributed by atoms with E-state index in [4.69, 9.17) is 29.7 Å². The lowest BCUT2D eigenvalue weighted by Crippen LogP contribution is -2.59. The number of rotatable bonds is 5. The molecule has 0 unspecified atom stereocenters. The molecule has 0 amide bonds. The maximum absolute atomic E-state index is 6.30. The van der Waals surface area contributed by atoms with Crippen LogP contribution >= 0.6 is 0 Å². The summed E-state index contributed by atoms with van der Waals surface area (Å²) in [5.41, 5.74) is 12.6. The van der Waals surface area contributed by atoms with E-state index in [1.54, 1.807) is 21.3 Å². The predicted molar refractivity (Wildman–Crippen MR) is 104 cm³/mol. The summed E-state index contributed by atoms with van der Waals surface area (Å²) >= 11 is 0. The van der Waals surface area contributed by atoms with E-state index in [2.05, 4.69) is 4.99 Å². The molecule has 0 aromatic heterocycles. The Balaban J connectivity index is 2.07. The normalized spacial score (nSPS) is 20.0. The Kier molecular flexibility index (Phi) is 5.33. The van der Waals surface area contributed by atoms with Crippen molar-refractivity contribution < 1.29 is 13.3 Å². The van der Waals surface area contributed by atoms with Crippen molar-refractivity contribution in [2.75, 3.05) is 26.2 Å². The molecule has 3 rings (SSSR count). The second-order valence-electron chi connectivity index (χ2n) is 6.54. The van der Waals surface area contributed by atoms with Crippen molar-refractivity contribution in [1.82, 2.24) is 0 Å². The maximum atomic E-state index is 6.30. The zero-order valence-electron chi connectivity index (χ0n) is 15.6. The molecule has 1 saturated carbocycles. The third-order valence-corrected chi connectivity index (χ3v) is 7.75. The van der Waals surface area contributed by atoms with Crippen molar-refractivity contribution in [2.45, 2.75) is 37.8 Å².